The van der Waals surface area contributed by atoms with Gasteiger partial charge in [-0.05, 0) is 32.0 Å². The molecule has 2 heterocycles. The van der Waals surface area contributed by atoms with E-state index in [-0.39, 0.29) is 17.3 Å². The van der Waals surface area contributed by atoms with E-state index in [4.69, 9.17) is 0 Å². The molecule has 0 aromatic heterocycles. The molecule has 2 fully saturated rings. The van der Waals surface area contributed by atoms with E-state index in [9.17, 15) is 22.8 Å². The summed E-state index contributed by atoms with van der Waals surface area (Å²) in [5.41, 5.74) is -0.945. The molecule has 1 atom stereocenters. The maximum atomic E-state index is 13.3. The first-order valence-corrected chi connectivity index (χ1v) is 10.2. The van der Waals surface area contributed by atoms with E-state index >= 15 is 0 Å². The van der Waals surface area contributed by atoms with Crippen molar-refractivity contribution in [2.24, 2.45) is 0 Å². The van der Waals surface area contributed by atoms with Gasteiger partial charge < -0.3 is 20.9 Å². The van der Waals surface area contributed by atoms with Gasteiger partial charge in [0.1, 0.15) is 0 Å². The number of anilines is 1. The van der Waals surface area contributed by atoms with Crippen molar-refractivity contribution in [3.05, 3.63) is 29.3 Å². The summed E-state index contributed by atoms with van der Waals surface area (Å²) in [6.07, 6.45) is -4.58. The van der Waals surface area contributed by atoms with E-state index in [0.717, 1.165) is 18.7 Å². The summed E-state index contributed by atoms with van der Waals surface area (Å²) >= 11 is 0. The summed E-state index contributed by atoms with van der Waals surface area (Å²) in [5, 5.41) is 8.87. The van der Waals surface area contributed by atoms with E-state index in [1.807, 2.05) is 13.8 Å². The number of nitrogens with one attached hydrogen (secondary N) is 3. The zero-order chi connectivity index (χ0) is 21.9. The van der Waals surface area contributed by atoms with Gasteiger partial charge >= 0.3 is 12.2 Å². The van der Waals surface area contributed by atoms with Crippen LogP contribution in [0.25, 0.3) is 0 Å². The molecule has 0 unspecified atom stereocenters. The van der Waals surface area contributed by atoms with Gasteiger partial charge in [-0.2, -0.15) is 13.2 Å². The normalized spacial score (nSPS) is 21.0. The van der Waals surface area contributed by atoms with Crippen LogP contribution in [-0.2, 0) is 6.18 Å². The van der Waals surface area contributed by atoms with Crippen LogP contribution in [0.2, 0.25) is 0 Å². The Morgan fingerprint density at radius 1 is 1.13 bits per heavy atom. The number of hydrogen-bond donors (Lipinski definition) is 3. The minimum absolute atomic E-state index is 0.0972. The number of benzene rings is 1. The lowest BCUT2D eigenvalue weighted by atomic mass is 9.97. The Labute approximate surface area is 174 Å². The Morgan fingerprint density at radius 2 is 1.83 bits per heavy atom. The SMILES string of the molecule is CC(C)N1CCN[C@@H](C(=O)c2cc(C(F)(F)F)ccc2NC(=O)N2CCNCC2)C1. The molecule has 2 aliphatic rings. The fraction of sp³-hybridized carbons (Fsp3) is 0.600. The summed E-state index contributed by atoms with van der Waals surface area (Å²) in [5.74, 6) is -0.456. The smallest absolute Gasteiger partial charge is 0.322 e. The summed E-state index contributed by atoms with van der Waals surface area (Å²) in [7, 11) is 0. The van der Waals surface area contributed by atoms with Crippen molar-refractivity contribution in [3.63, 3.8) is 0 Å². The van der Waals surface area contributed by atoms with E-state index < -0.39 is 29.6 Å². The van der Waals surface area contributed by atoms with Crippen LogP contribution in [0.3, 0.4) is 0 Å². The average molecular weight is 427 g/mol. The molecule has 0 radical (unpaired) electrons. The maximum absolute atomic E-state index is 13.3. The van der Waals surface area contributed by atoms with E-state index in [1.54, 1.807) is 4.90 Å². The highest BCUT2D eigenvalue weighted by Gasteiger charge is 2.34. The second-order valence-electron chi connectivity index (χ2n) is 7.88. The second kappa shape index (κ2) is 9.32. The minimum Gasteiger partial charge on any atom is -0.322 e. The van der Waals surface area contributed by atoms with Crippen molar-refractivity contribution in [3.8, 4) is 0 Å². The number of carbonyl (C=O) groups excluding carboxylic acids is 2. The number of amides is 2. The summed E-state index contributed by atoms with van der Waals surface area (Å²) in [6.45, 7) is 8.01. The average Bonchev–Trinajstić information content (AvgIpc) is 2.73. The molecule has 30 heavy (non-hydrogen) atoms. The number of piperazine rings is 2. The molecule has 2 amide bonds. The molecule has 2 saturated heterocycles. The van der Waals surface area contributed by atoms with Crippen LogP contribution in [0.5, 0.6) is 0 Å². The van der Waals surface area contributed by atoms with Crippen LogP contribution >= 0.6 is 0 Å². The lowest BCUT2D eigenvalue weighted by molar-refractivity contribution is -0.137. The van der Waals surface area contributed by atoms with Gasteiger partial charge in [0.05, 0.1) is 17.3 Å². The van der Waals surface area contributed by atoms with Crippen molar-refractivity contribution >= 4 is 17.5 Å². The quantitative estimate of drug-likeness (QED) is 0.641. The Balaban J connectivity index is 1.87. The standard InChI is InChI=1S/C20H28F3N5O2/c1-13(2)28-10-7-25-17(12-28)18(29)15-11-14(20(21,22)23)3-4-16(15)26-19(30)27-8-5-24-6-9-27/h3-4,11,13,17,24-25H,5-10,12H2,1-2H3,(H,26,30)/t17-/m1/s1. The maximum Gasteiger partial charge on any atom is 0.416 e. The van der Waals surface area contributed by atoms with Gasteiger partial charge in [-0.1, -0.05) is 0 Å². The first kappa shape index (κ1) is 22.5. The second-order valence-corrected chi connectivity index (χ2v) is 7.88. The number of ketones is 1. The molecule has 0 bridgehead atoms. The van der Waals surface area contributed by atoms with Crippen molar-refractivity contribution in [1.82, 2.24) is 20.4 Å². The van der Waals surface area contributed by atoms with Crippen LogP contribution in [0.15, 0.2) is 18.2 Å². The molecule has 0 spiro atoms. The minimum atomic E-state index is -4.58. The Kier molecular flexibility index (Phi) is 6.99. The number of nitrogens with zero attached hydrogens (tertiary/aromatic N) is 2. The third-order valence-electron chi connectivity index (χ3n) is 5.51. The van der Waals surface area contributed by atoms with E-state index in [0.29, 0.717) is 39.3 Å². The molecule has 7 nitrogen and oxygen atoms in total. The lowest BCUT2D eigenvalue weighted by Gasteiger charge is -2.35. The van der Waals surface area contributed by atoms with Gasteiger partial charge in [-0.3, -0.25) is 9.69 Å². The first-order chi connectivity index (χ1) is 14.2. The summed E-state index contributed by atoms with van der Waals surface area (Å²) in [4.78, 5) is 29.4. The van der Waals surface area contributed by atoms with Crippen LogP contribution in [0.1, 0.15) is 29.8 Å². The highest BCUT2D eigenvalue weighted by atomic mass is 19.4. The van der Waals surface area contributed by atoms with Crippen LogP contribution in [0.4, 0.5) is 23.7 Å². The van der Waals surface area contributed by atoms with E-state index in [1.165, 1.54) is 6.07 Å². The van der Waals surface area contributed by atoms with Crippen molar-refractivity contribution in [2.75, 3.05) is 51.1 Å². The van der Waals surface area contributed by atoms with Gasteiger partial charge in [0, 0.05) is 57.4 Å². The van der Waals surface area contributed by atoms with Crippen LogP contribution in [-0.4, -0.2) is 79.5 Å². The van der Waals surface area contributed by atoms with Crippen molar-refractivity contribution in [1.29, 1.82) is 0 Å². The number of hydrogen-bond acceptors (Lipinski definition) is 5. The van der Waals surface area contributed by atoms with Crippen LogP contribution < -0.4 is 16.0 Å². The lowest BCUT2D eigenvalue weighted by Crippen LogP contribution is -2.56. The number of rotatable bonds is 4. The predicted octanol–water partition coefficient (Wildman–Crippen LogP) is 2.01. The molecular formula is C20H28F3N5O2. The number of carbonyl (C=O) groups is 2. The predicted molar refractivity (Wildman–Crippen MR) is 108 cm³/mol. The molecule has 3 rings (SSSR count). The molecule has 166 valence electrons. The Bertz CT molecular complexity index is 778. The fourth-order valence-corrected chi connectivity index (χ4v) is 3.70. The number of alkyl halides is 3. The first-order valence-electron chi connectivity index (χ1n) is 10.2. The molecule has 3 N–H and O–H groups in total. The summed E-state index contributed by atoms with van der Waals surface area (Å²) in [6, 6.07) is 2.05. The highest BCUT2D eigenvalue weighted by molar-refractivity contribution is 6.07. The van der Waals surface area contributed by atoms with Crippen molar-refractivity contribution in [2.45, 2.75) is 32.1 Å². The topological polar surface area (TPSA) is 76.7 Å². The highest BCUT2D eigenvalue weighted by Crippen LogP contribution is 2.32. The fourth-order valence-electron chi connectivity index (χ4n) is 3.70. The van der Waals surface area contributed by atoms with Crippen LogP contribution in [0, 0.1) is 0 Å². The van der Waals surface area contributed by atoms with Gasteiger partial charge in [0.25, 0.3) is 0 Å². The Hall–Kier alpha value is -2.17. The number of halogens is 3. The van der Waals surface area contributed by atoms with E-state index in [2.05, 4.69) is 20.9 Å². The zero-order valence-electron chi connectivity index (χ0n) is 17.2. The van der Waals surface area contributed by atoms with Gasteiger partial charge in [0.15, 0.2) is 5.78 Å². The molecule has 1 aromatic rings. The third kappa shape index (κ3) is 5.30. The molecule has 0 aliphatic carbocycles. The molecule has 1 aromatic carbocycles. The largest absolute Gasteiger partial charge is 0.416 e. The summed E-state index contributed by atoms with van der Waals surface area (Å²) < 4.78 is 39.9. The number of Topliss-reactive ketones (excluding diaryl/α,β-unsaturated/α-hetero) is 1. The third-order valence-corrected chi connectivity index (χ3v) is 5.51. The van der Waals surface area contributed by atoms with Gasteiger partial charge in [-0.25, -0.2) is 4.79 Å². The van der Waals surface area contributed by atoms with Gasteiger partial charge in [0.2, 0.25) is 0 Å². The molecule has 0 saturated carbocycles. The number of urea groups is 1. The molecular weight excluding hydrogens is 399 g/mol. The van der Waals surface area contributed by atoms with Crippen molar-refractivity contribution < 1.29 is 22.8 Å². The monoisotopic (exact) mass is 427 g/mol. The Morgan fingerprint density at radius 3 is 2.47 bits per heavy atom. The van der Waals surface area contributed by atoms with Gasteiger partial charge in [-0.15, -0.1) is 0 Å². The zero-order valence-corrected chi connectivity index (χ0v) is 17.2. The molecule has 2 aliphatic heterocycles. The molecule has 10 heteroatoms.